The minimum Gasteiger partial charge on any atom is -0.382 e. The van der Waals surface area contributed by atoms with Crippen LogP contribution in [0.4, 0.5) is 5.69 Å². The summed E-state index contributed by atoms with van der Waals surface area (Å²) in [4.78, 5) is 7.86. The number of hydrogen-bond donors (Lipinski definition) is 2. The second-order valence-corrected chi connectivity index (χ2v) is 3.75. The molecule has 0 amide bonds. The number of nitrogens with zero attached hydrogens (tertiary/aromatic N) is 2. The van der Waals surface area contributed by atoms with Crippen molar-refractivity contribution in [3.8, 4) is 0 Å². The predicted molar refractivity (Wildman–Crippen MR) is 57.9 cm³/mol. The van der Waals surface area contributed by atoms with Crippen molar-refractivity contribution in [2.45, 2.75) is 13.8 Å². The van der Waals surface area contributed by atoms with Crippen LogP contribution in [0.1, 0.15) is 13.8 Å². The van der Waals surface area contributed by atoms with E-state index in [0.717, 1.165) is 12.2 Å². The first kappa shape index (κ1) is 10.9. The molecule has 1 aromatic rings. The molecule has 0 saturated heterocycles. The number of anilines is 1. The quantitative estimate of drug-likeness (QED) is 0.737. The van der Waals surface area contributed by atoms with Gasteiger partial charge in [-0.25, -0.2) is 9.97 Å². The van der Waals surface area contributed by atoms with Gasteiger partial charge in [-0.3, -0.25) is 0 Å². The van der Waals surface area contributed by atoms with Crippen molar-refractivity contribution in [1.29, 1.82) is 0 Å². The van der Waals surface area contributed by atoms with E-state index < -0.39 is 0 Å². The molecule has 0 aliphatic carbocycles. The van der Waals surface area contributed by atoms with Crippen molar-refractivity contribution >= 4 is 5.69 Å². The van der Waals surface area contributed by atoms with Gasteiger partial charge in [0.15, 0.2) is 0 Å². The molecule has 4 nitrogen and oxygen atoms in total. The van der Waals surface area contributed by atoms with Crippen molar-refractivity contribution in [3.63, 3.8) is 0 Å². The molecule has 1 aromatic heterocycles. The fourth-order valence-electron chi connectivity index (χ4n) is 1.23. The van der Waals surface area contributed by atoms with Crippen LogP contribution in [-0.2, 0) is 0 Å². The van der Waals surface area contributed by atoms with Crippen LogP contribution in [0.25, 0.3) is 0 Å². The molecule has 0 bridgehead atoms. The molecule has 0 saturated carbocycles. The molecule has 3 N–H and O–H groups in total. The highest BCUT2D eigenvalue weighted by Gasteiger charge is 2.10. The van der Waals surface area contributed by atoms with Gasteiger partial charge in [0.25, 0.3) is 0 Å². The van der Waals surface area contributed by atoms with Gasteiger partial charge in [0.05, 0.1) is 18.1 Å². The van der Waals surface area contributed by atoms with Gasteiger partial charge in [0.2, 0.25) is 0 Å². The van der Waals surface area contributed by atoms with Gasteiger partial charge in [-0.1, -0.05) is 13.8 Å². The van der Waals surface area contributed by atoms with Crippen LogP contribution in [-0.4, -0.2) is 23.1 Å². The summed E-state index contributed by atoms with van der Waals surface area (Å²) in [5.74, 6) is 1.09. The molecule has 0 aromatic carbocycles. The maximum Gasteiger partial charge on any atom is 0.115 e. The van der Waals surface area contributed by atoms with E-state index in [-0.39, 0.29) is 0 Å². The Morgan fingerprint density at radius 3 is 2.50 bits per heavy atom. The lowest BCUT2D eigenvalue weighted by Gasteiger charge is -2.19. The first-order valence-corrected chi connectivity index (χ1v) is 4.93. The third kappa shape index (κ3) is 3.30. The monoisotopic (exact) mass is 194 g/mol. The summed E-state index contributed by atoms with van der Waals surface area (Å²) in [7, 11) is 0. The maximum absolute atomic E-state index is 5.67. The number of hydrogen-bond acceptors (Lipinski definition) is 4. The normalized spacial score (nSPS) is 12.9. The van der Waals surface area contributed by atoms with Gasteiger partial charge in [0, 0.05) is 6.54 Å². The Morgan fingerprint density at radius 1 is 1.36 bits per heavy atom. The van der Waals surface area contributed by atoms with Gasteiger partial charge in [-0.2, -0.15) is 0 Å². The third-order valence-electron chi connectivity index (χ3n) is 2.37. The molecule has 78 valence electrons. The first-order valence-electron chi connectivity index (χ1n) is 4.93. The zero-order chi connectivity index (χ0) is 10.4. The lowest BCUT2D eigenvalue weighted by molar-refractivity contribution is 0.413. The molecule has 0 aliphatic rings. The summed E-state index contributed by atoms with van der Waals surface area (Å²) < 4.78 is 0. The summed E-state index contributed by atoms with van der Waals surface area (Å²) in [5.41, 5.74) is 6.62. The van der Waals surface area contributed by atoms with Crippen LogP contribution in [0.3, 0.4) is 0 Å². The van der Waals surface area contributed by atoms with E-state index in [0.29, 0.717) is 18.4 Å². The first-order chi connectivity index (χ1) is 6.74. The Morgan fingerprint density at radius 2 is 2.00 bits per heavy atom. The third-order valence-corrected chi connectivity index (χ3v) is 2.37. The van der Waals surface area contributed by atoms with E-state index in [9.17, 15) is 0 Å². The van der Waals surface area contributed by atoms with Gasteiger partial charge in [-0.05, 0) is 18.4 Å². The molecule has 1 heterocycles. The summed E-state index contributed by atoms with van der Waals surface area (Å²) in [6.45, 7) is 5.95. The molecule has 0 radical (unpaired) electrons. The van der Waals surface area contributed by atoms with Gasteiger partial charge >= 0.3 is 0 Å². The van der Waals surface area contributed by atoms with Crippen LogP contribution in [0.15, 0.2) is 18.7 Å². The Hall–Kier alpha value is -1.16. The topological polar surface area (TPSA) is 63.8 Å². The van der Waals surface area contributed by atoms with Crippen molar-refractivity contribution in [2.24, 2.45) is 17.6 Å². The maximum atomic E-state index is 5.67. The van der Waals surface area contributed by atoms with Gasteiger partial charge < -0.3 is 11.1 Å². The molecular formula is C10H18N4. The molecule has 1 unspecified atom stereocenters. The Labute approximate surface area is 85.0 Å². The minimum absolute atomic E-state index is 0.496. The smallest absolute Gasteiger partial charge is 0.115 e. The second kappa shape index (κ2) is 5.54. The standard InChI is InChI=1S/C10H18N4/c1-8(2)9(3-11)4-14-10-5-12-7-13-6-10/h5-9,14H,3-4,11H2,1-2H3. The molecule has 1 rings (SSSR count). The Bertz CT molecular complexity index is 248. The van der Waals surface area contributed by atoms with Crippen LogP contribution in [0.2, 0.25) is 0 Å². The number of aromatic nitrogens is 2. The fraction of sp³-hybridized carbons (Fsp3) is 0.600. The average molecular weight is 194 g/mol. The SMILES string of the molecule is CC(C)C(CN)CNc1cncnc1. The highest BCUT2D eigenvalue weighted by Crippen LogP contribution is 2.10. The molecule has 4 heteroatoms. The van der Waals surface area contributed by atoms with Crippen molar-refractivity contribution < 1.29 is 0 Å². The number of rotatable bonds is 5. The van der Waals surface area contributed by atoms with Crippen molar-refractivity contribution in [1.82, 2.24) is 9.97 Å². The van der Waals surface area contributed by atoms with E-state index in [4.69, 9.17) is 5.73 Å². The summed E-state index contributed by atoms with van der Waals surface area (Å²) in [6.07, 6.45) is 5.05. The average Bonchev–Trinajstić information content (AvgIpc) is 2.20. The largest absolute Gasteiger partial charge is 0.382 e. The van der Waals surface area contributed by atoms with E-state index in [1.54, 1.807) is 12.4 Å². The minimum atomic E-state index is 0.496. The van der Waals surface area contributed by atoms with E-state index in [2.05, 4.69) is 29.1 Å². The summed E-state index contributed by atoms with van der Waals surface area (Å²) in [5, 5.41) is 3.27. The number of nitrogens with one attached hydrogen (secondary N) is 1. The highest BCUT2D eigenvalue weighted by molar-refractivity contribution is 5.36. The second-order valence-electron chi connectivity index (χ2n) is 3.75. The predicted octanol–water partition coefficient (Wildman–Crippen LogP) is 1.12. The molecule has 0 spiro atoms. The molecular weight excluding hydrogens is 176 g/mol. The van der Waals surface area contributed by atoms with Crippen LogP contribution >= 0.6 is 0 Å². The van der Waals surface area contributed by atoms with Crippen LogP contribution < -0.4 is 11.1 Å². The number of nitrogens with two attached hydrogens (primary N) is 1. The van der Waals surface area contributed by atoms with Crippen LogP contribution in [0, 0.1) is 11.8 Å². The Balaban J connectivity index is 2.40. The molecule has 0 aliphatic heterocycles. The summed E-state index contributed by atoms with van der Waals surface area (Å²) in [6, 6.07) is 0. The zero-order valence-corrected chi connectivity index (χ0v) is 8.77. The lowest BCUT2D eigenvalue weighted by Crippen LogP contribution is -2.27. The fourth-order valence-corrected chi connectivity index (χ4v) is 1.23. The van der Waals surface area contributed by atoms with Crippen molar-refractivity contribution in [3.05, 3.63) is 18.7 Å². The van der Waals surface area contributed by atoms with E-state index >= 15 is 0 Å². The Kier molecular flexibility index (Phi) is 4.32. The van der Waals surface area contributed by atoms with E-state index in [1.807, 2.05) is 0 Å². The van der Waals surface area contributed by atoms with Crippen molar-refractivity contribution in [2.75, 3.05) is 18.4 Å². The van der Waals surface area contributed by atoms with Gasteiger partial charge in [-0.15, -0.1) is 0 Å². The van der Waals surface area contributed by atoms with E-state index in [1.165, 1.54) is 6.33 Å². The van der Waals surface area contributed by atoms with Crippen LogP contribution in [0.5, 0.6) is 0 Å². The summed E-state index contributed by atoms with van der Waals surface area (Å²) >= 11 is 0. The molecule has 1 atom stereocenters. The highest BCUT2D eigenvalue weighted by atomic mass is 14.9. The molecule has 14 heavy (non-hydrogen) atoms. The molecule has 0 fully saturated rings. The van der Waals surface area contributed by atoms with Gasteiger partial charge in [0.1, 0.15) is 6.33 Å². The zero-order valence-electron chi connectivity index (χ0n) is 8.77. The lowest BCUT2D eigenvalue weighted by atomic mass is 9.96.